The minimum atomic E-state index is -6.09. The number of hydrogen-bond acceptors (Lipinski definition) is 3. The zero-order chi connectivity index (χ0) is 14.9. The summed E-state index contributed by atoms with van der Waals surface area (Å²) in [7, 11) is -6.09. The van der Waals surface area contributed by atoms with Gasteiger partial charge in [-0.05, 0) is 0 Å². The quantitative estimate of drug-likeness (QED) is 0.374. The molecule has 0 spiro atoms. The van der Waals surface area contributed by atoms with Crippen LogP contribution in [-0.4, -0.2) is 18.5 Å². The second kappa shape index (κ2) is 5.84. The molecule has 0 aromatic rings. The van der Waals surface area contributed by atoms with E-state index in [2.05, 4.69) is 46.0 Å². The van der Waals surface area contributed by atoms with E-state index in [1.54, 1.807) is 0 Å². The van der Waals surface area contributed by atoms with Crippen LogP contribution in [0.15, 0.2) is 22.3 Å². The average Bonchev–Trinajstić information content (AvgIpc) is 2.35. The molecule has 1 aliphatic carbocycles. The van der Waals surface area contributed by atoms with E-state index in [1.807, 2.05) is 0 Å². The zero-order valence-corrected chi connectivity index (χ0v) is 12.8. The smallest absolute Gasteiger partial charge is 0.485 e. The van der Waals surface area contributed by atoms with E-state index in [0.717, 1.165) is 0 Å². The number of alkyl halides is 3. The van der Waals surface area contributed by atoms with Crippen LogP contribution in [0.3, 0.4) is 0 Å². The number of hydrogen-bond donors (Lipinski definition) is 0. The summed E-state index contributed by atoms with van der Waals surface area (Å²) in [6.07, 6.45) is 0. The molecule has 8 heteroatoms. The van der Waals surface area contributed by atoms with Crippen molar-refractivity contribution >= 4 is 10.1 Å². The van der Waals surface area contributed by atoms with Crippen molar-refractivity contribution in [2.24, 2.45) is 0 Å². The van der Waals surface area contributed by atoms with Gasteiger partial charge in [-0.25, -0.2) is 8.42 Å². The van der Waals surface area contributed by atoms with Gasteiger partial charge in [0.1, 0.15) is 0 Å². The maximum absolute atomic E-state index is 10.7. The van der Waals surface area contributed by atoms with Crippen molar-refractivity contribution in [1.82, 2.24) is 0 Å². The van der Waals surface area contributed by atoms with Crippen molar-refractivity contribution < 1.29 is 44.4 Å². The second-order valence-corrected chi connectivity index (χ2v) is 6.24. The van der Waals surface area contributed by atoms with Crippen LogP contribution in [0.4, 0.5) is 13.2 Å². The Bertz CT molecular complexity index is 465. The molecular weight excluding hydrogens is 358 g/mol. The van der Waals surface area contributed by atoms with Crippen molar-refractivity contribution in [2.75, 3.05) is 0 Å². The van der Waals surface area contributed by atoms with Gasteiger partial charge in [0.25, 0.3) is 0 Å². The van der Waals surface area contributed by atoms with E-state index < -0.39 is 15.6 Å². The Balaban J connectivity index is 0.000000331. The number of rotatable bonds is 0. The molecule has 0 N–H and O–H groups in total. The van der Waals surface area contributed by atoms with Crippen molar-refractivity contribution in [2.45, 2.75) is 37.7 Å². The standard InChI is InChI=1S/C9H13.CHF3O3S.Ru/c1-6-5-7(2)9(4)8(6)3;2-1(3,4)8(5,6)7;/h5H,1-4H3;(H,5,6,7);/q;;+1/p-1. The van der Waals surface area contributed by atoms with E-state index in [1.165, 1.54) is 22.3 Å². The fourth-order valence-electron chi connectivity index (χ4n) is 1.29. The summed E-state index contributed by atoms with van der Waals surface area (Å²) in [5.74, 6) is 0. The van der Waals surface area contributed by atoms with Gasteiger partial charge in [0.15, 0.2) is 10.1 Å². The van der Waals surface area contributed by atoms with Crippen molar-refractivity contribution in [1.29, 1.82) is 0 Å². The molecule has 0 bridgehead atoms. The van der Waals surface area contributed by atoms with Crippen LogP contribution in [0.25, 0.3) is 0 Å². The first-order valence-corrected chi connectivity index (χ1v) is 7.21. The summed E-state index contributed by atoms with van der Waals surface area (Å²) in [5.41, 5.74) is 0.368. The second-order valence-electron chi connectivity index (χ2n) is 3.86. The summed E-state index contributed by atoms with van der Waals surface area (Å²) < 4.78 is 59.5. The summed E-state index contributed by atoms with van der Waals surface area (Å²) in [5, 5.41) is 0. The Labute approximate surface area is 115 Å². The van der Waals surface area contributed by atoms with Crippen LogP contribution >= 0.6 is 0 Å². The van der Waals surface area contributed by atoms with Gasteiger partial charge in [0, 0.05) is 0 Å². The van der Waals surface area contributed by atoms with Gasteiger partial charge in [0.2, 0.25) is 0 Å². The predicted octanol–water partition coefficient (Wildman–Crippen LogP) is 3.06. The molecule has 0 saturated carbocycles. The molecular formula is C10H13F3O3RuS. The van der Waals surface area contributed by atoms with Crippen molar-refractivity contribution in [3.63, 3.8) is 0 Å². The number of halogens is 3. The van der Waals surface area contributed by atoms with Gasteiger partial charge in [0.05, 0.1) is 0 Å². The molecule has 0 unspecified atom stereocenters. The van der Waals surface area contributed by atoms with Gasteiger partial charge in [-0.1, -0.05) is 0 Å². The van der Waals surface area contributed by atoms with E-state index in [-0.39, 0.29) is 0 Å². The first-order valence-electron chi connectivity index (χ1n) is 4.80. The van der Waals surface area contributed by atoms with Crippen LogP contribution in [0.2, 0.25) is 4.51 Å². The minimum Gasteiger partial charge on any atom is -0.741 e. The van der Waals surface area contributed by atoms with E-state index in [0.29, 0.717) is 4.51 Å². The van der Waals surface area contributed by atoms with Gasteiger partial charge in [-0.15, -0.1) is 0 Å². The Morgan fingerprint density at radius 1 is 1.06 bits per heavy atom. The maximum Gasteiger partial charge on any atom is 0.485 e. The maximum atomic E-state index is 10.7. The summed E-state index contributed by atoms with van der Waals surface area (Å²) in [4.78, 5) is 0. The fourth-order valence-corrected chi connectivity index (χ4v) is 2.04. The zero-order valence-electron chi connectivity index (χ0n) is 10.2. The molecule has 0 aliphatic heterocycles. The molecule has 0 radical (unpaired) electrons. The Kier molecular flexibility index (Phi) is 5.78. The van der Waals surface area contributed by atoms with Crippen LogP contribution in [0.5, 0.6) is 0 Å². The van der Waals surface area contributed by atoms with Gasteiger partial charge in [-0.2, -0.15) is 13.2 Å². The molecule has 0 heterocycles. The predicted molar refractivity (Wildman–Crippen MR) is 56.3 cm³/mol. The minimum absolute atomic E-state index is 0.624. The summed E-state index contributed by atoms with van der Waals surface area (Å²) in [6, 6.07) is 0. The Morgan fingerprint density at radius 3 is 1.33 bits per heavy atom. The van der Waals surface area contributed by atoms with Crippen molar-refractivity contribution in [3.8, 4) is 0 Å². The first kappa shape index (κ1) is 17.8. The van der Waals surface area contributed by atoms with Gasteiger partial charge < -0.3 is 4.55 Å². The molecule has 1 rings (SSSR count). The number of allylic oxidation sites excluding steroid dienone is 4. The van der Waals surface area contributed by atoms with Gasteiger partial charge in [-0.3, -0.25) is 0 Å². The third kappa shape index (κ3) is 4.17. The summed E-state index contributed by atoms with van der Waals surface area (Å²) >= 11 is 2.79. The van der Waals surface area contributed by atoms with E-state index in [9.17, 15) is 13.2 Å². The Hall–Kier alpha value is -0.197. The largest absolute Gasteiger partial charge is 0.741 e. The topological polar surface area (TPSA) is 57.2 Å². The third-order valence-electron chi connectivity index (χ3n) is 2.77. The van der Waals surface area contributed by atoms with Crippen molar-refractivity contribution in [3.05, 3.63) is 22.3 Å². The van der Waals surface area contributed by atoms with Crippen LogP contribution in [0, 0.1) is 0 Å². The molecule has 0 atom stereocenters. The summed E-state index contributed by atoms with van der Waals surface area (Å²) in [6.45, 7) is 8.85. The molecule has 18 heavy (non-hydrogen) atoms. The van der Waals surface area contributed by atoms with Gasteiger partial charge >= 0.3 is 78.3 Å². The monoisotopic (exact) mass is 372 g/mol. The normalized spacial score (nSPS) is 18.1. The molecule has 1 aliphatic rings. The Morgan fingerprint density at radius 2 is 1.28 bits per heavy atom. The third-order valence-corrected chi connectivity index (χ3v) is 4.84. The average molecular weight is 371 g/mol. The molecule has 3 nitrogen and oxygen atoms in total. The molecule has 0 fully saturated rings. The van der Waals surface area contributed by atoms with E-state index in [4.69, 9.17) is 13.0 Å². The molecule has 0 aromatic heterocycles. The van der Waals surface area contributed by atoms with Crippen LogP contribution in [-0.2, 0) is 28.4 Å². The van der Waals surface area contributed by atoms with Crippen LogP contribution in [0.1, 0.15) is 27.7 Å². The molecule has 106 valence electrons. The SMILES string of the molecule is CC1=C(C)[CH]([Ru+])C(C)=C1C.O=S(=O)([O-])C(F)(F)F. The molecule has 0 amide bonds. The van der Waals surface area contributed by atoms with E-state index >= 15 is 0 Å². The molecule has 0 saturated heterocycles. The van der Waals surface area contributed by atoms with Crippen LogP contribution < -0.4 is 0 Å². The fraction of sp³-hybridized carbons (Fsp3) is 0.600. The first-order chi connectivity index (χ1) is 7.80. The molecule has 0 aromatic carbocycles.